The molecule has 94 valence electrons. The molecule has 1 heterocycles. The molecule has 1 aliphatic rings. The second-order valence-corrected chi connectivity index (χ2v) is 5.43. The van der Waals surface area contributed by atoms with E-state index in [2.05, 4.69) is 54.2 Å². The minimum absolute atomic E-state index is 0.889. The average molecular weight is 232 g/mol. The molecule has 0 bridgehead atoms. The molecule has 0 aliphatic carbocycles. The smallest absolute Gasteiger partial charge is 0.0230 e. The van der Waals surface area contributed by atoms with E-state index in [1.165, 1.54) is 38.0 Å². The highest BCUT2D eigenvalue weighted by Gasteiger charge is 2.17. The number of likely N-dealkylation sites (tertiary alicyclic amines) is 1. The van der Waals surface area contributed by atoms with Gasteiger partial charge in [-0.15, -0.1) is 0 Å². The molecule has 0 amide bonds. The molecule has 1 saturated heterocycles. The molecule has 0 saturated carbocycles. The van der Waals surface area contributed by atoms with Gasteiger partial charge in [0.25, 0.3) is 0 Å². The van der Waals surface area contributed by atoms with Crippen molar-refractivity contribution in [2.24, 2.45) is 5.92 Å². The van der Waals surface area contributed by atoms with Crippen molar-refractivity contribution < 1.29 is 0 Å². The lowest BCUT2D eigenvalue weighted by Gasteiger charge is -2.31. The maximum absolute atomic E-state index is 2.46. The van der Waals surface area contributed by atoms with Gasteiger partial charge in [-0.25, -0.2) is 0 Å². The Balaban J connectivity index is 1.76. The molecule has 0 atom stereocenters. The second kappa shape index (κ2) is 6.18. The Morgan fingerprint density at radius 1 is 1.18 bits per heavy atom. The lowest BCUT2D eigenvalue weighted by Crippen LogP contribution is -2.35. The first-order chi connectivity index (χ1) is 8.24. The largest absolute Gasteiger partial charge is 0.306 e. The van der Waals surface area contributed by atoms with Gasteiger partial charge in [0.2, 0.25) is 0 Å². The summed E-state index contributed by atoms with van der Waals surface area (Å²) < 4.78 is 0. The van der Waals surface area contributed by atoms with E-state index >= 15 is 0 Å². The van der Waals surface area contributed by atoms with Crippen LogP contribution in [0.25, 0.3) is 0 Å². The van der Waals surface area contributed by atoms with Crippen LogP contribution in [-0.2, 0) is 6.54 Å². The highest BCUT2D eigenvalue weighted by molar-refractivity contribution is 5.14. The maximum atomic E-state index is 2.46. The van der Waals surface area contributed by atoms with Crippen molar-refractivity contribution in [3.63, 3.8) is 0 Å². The first kappa shape index (κ1) is 12.6. The maximum Gasteiger partial charge on any atom is 0.0230 e. The van der Waals surface area contributed by atoms with Gasteiger partial charge in [0.05, 0.1) is 0 Å². The molecule has 1 aromatic rings. The quantitative estimate of drug-likeness (QED) is 0.787. The van der Waals surface area contributed by atoms with Crippen molar-refractivity contribution in [3.05, 3.63) is 35.9 Å². The normalized spacial score (nSPS) is 18.8. The first-order valence-corrected chi connectivity index (χ1v) is 6.65. The number of benzene rings is 1. The van der Waals surface area contributed by atoms with Crippen LogP contribution in [-0.4, -0.2) is 43.5 Å². The van der Waals surface area contributed by atoms with Gasteiger partial charge < -0.3 is 9.80 Å². The van der Waals surface area contributed by atoms with Gasteiger partial charge in [0.1, 0.15) is 0 Å². The molecule has 1 aromatic carbocycles. The fraction of sp³-hybridized carbons (Fsp3) is 0.600. The van der Waals surface area contributed by atoms with Crippen LogP contribution < -0.4 is 0 Å². The molecule has 2 rings (SSSR count). The fourth-order valence-corrected chi connectivity index (χ4v) is 2.65. The van der Waals surface area contributed by atoms with Crippen molar-refractivity contribution in [2.45, 2.75) is 19.4 Å². The van der Waals surface area contributed by atoms with Crippen LogP contribution in [0.5, 0.6) is 0 Å². The SMILES string of the molecule is CN1CCC(CN(C)Cc2ccccc2)CC1. The van der Waals surface area contributed by atoms with E-state index in [4.69, 9.17) is 0 Å². The summed E-state index contributed by atoms with van der Waals surface area (Å²) in [5.41, 5.74) is 1.42. The zero-order chi connectivity index (χ0) is 12.1. The Kier molecular flexibility index (Phi) is 4.57. The van der Waals surface area contributed by atoms with Crippen LogP contribution in [0.4, 0.5) is 0 Å². The second-order valence-electron chi connectivity index (χ2n) is 5.43. The van der Waals surface area contributed by atoms with Crippen LogP contribution in [0.15, 0.2) is 30.3 Å². The number of rotatable bonds is 4. The summed E-state index contributed by atoms with van der Waals surface area (Å²) in [6, 6.07) is 10.8. The average Bonchev–Trinajstić information content (AvgIpc) is 2.33. The van der Waals surface area contributed by atoms with Crippen LogP contribution in [0.2, 0.25) is 0 Å². The van der Waals surface area contributed by atoms with Gasteiger partial charge >= 0.3 is 0 Å². The standard InChI is InChI=1S/C15H24N2/c1-16-10-8-15(9-11-16)13-17(2)12-14-6-4-3-5-7-14/h3-7,15H,8-13H2,1-2H3. The third-order valence-corrected chi connectivity index (χ3v) is 3.70. The van der Waals surface area contributed by atoms with E-state index in [9.17, 15) is 0 Å². The van der Waals surface area contributed by atoms with Crippen LogP contribution in [0.1, 0.15) is 18.4 Å². The number of piperidine rings is 1. The Hall–Kier alpha value is -0.860. The van der Waals surface area contributed by atoms with Gasteiger partial charge in [-0.2, -0.15) is 0 Å². The molecule has 1 fully saturated rings. The van der Waals surface area contributed by atoms with Gasteiger partial charge in [-0.3, -0.25) is 0 Å². The van der Waals surface area contributed by atoms with Gasteiger partial charge in [-0.05, 0) is 51.5 Å². The molecular formula is C15H24N2. The first-order valence-electron chi connectivity index (χ1n) is 6.65. The molecule has 0 N–H and O–H groups in total. The topological polar surface area (TPSA) is 6.48 Å². The highest BCUT2D eigenvalue weighted by Crippen LogP contribution is 2.17. The summed E-state index contributed by atoms with van der Waals surface area (Å²) in [6.07, 6.45) is 2.71. The van der Waals surface area contributed by atoms with Gasteiger partial charge in [0, 0.05) is 13.1 Å². The van der Waals surface area contributed by atoms with Crippen molar-refractivity contribution in [1.29, 1.82) is 0 Å². The van der Waals surface area contributed by atoms with Gasteiger partial charge in [-0.1, -0.05) is 30.3 Å². The zero-order valence-corrected chi connectivity index (χ0v) is 11.1. The summed E-state index contributed by atoms with van der Waals surface area (Å²) in [5.74, 6) is 0.889. The summed E-state index contributed by atoms with van der Waals surface area (Å²) in [7, 11) is 4.47. The minimum Gasteiger partial charge on any atom is -0.306 e. The van der Waals surface area contributed by atoms with E-state index in [-0.39, 0.29) is 0 Å². The van der Waals surface area contributed by atoms with E-state index in [1.807, 2.05) is 0 Å². The van der Waals surface area contributed by atoms with E-state index < -0.39 is 0 Å². The zero-order valence-electron chi connectivity index (χ0n) is 11.1. The van der Waals surface area contributed by atoms with Gasteiger partial charge in [0.15, 0.2) is 0 Å². The van der Waals surface area contributed by atoms with Crippen LogP contribution in [0, 0.1) is 5.92 Å². The monoisotopic (exact) mass is 232 g/mol. The predicted octanol–water partition coefficient (Wildman–Crippen LogP) is 2.46. The molecular weight excluding hydrogens is 208 g/mol. The molecule has 0 spiro atoms. The van der Waals surface area contributed by atoms with Crippen LogP contribution in [0.3, 0.4) is 0 Å². The number of hydrogen-bond acceptors (Lipinski definition) is 2. The number of hydrogen-bond donors (Lipinski definition) is 0. The summed E-state index contributed by atoms with van der Waals surface area (Å²) in [5, 5.41) is 0. The Labute approximate surface area is 105 Å². The Morgan fingerprint density at radius 3 is 2.47 bits per heavy atom. The molecule has 17 heavy (non-hydrogen) atoms. The predicted molar refractivity (Wildman–Crippen MR) is 73.0 cm³/mol. The summed E-state index contributed by atoms with van der Waals surface area (Å²) in [4.78, 5) is 4.90. The summed E-state index contributed by atoms with van der Waals surface area (Å²) >= 11 is 0. The number of nitrogens with zero attached hydrogens (tertiary/aromatic N) is 2. The minimum atomic E-state index is 0.889. The van der Waals surface area contributed by atoms with Crippen molar-refractivity contribution >= 4 is 0 Å². The molecule has 2 nitrogen and oxygen atoms in total. The van der Waals surface area contributed by atoms with Crippen molar-refractivity contribution in [3.8, 4) is 0 Å². The third kappa shape index (κ3) is 4.14. The van der Waals surface area contributed by atoms with E-state index in [0.717, 1.165) is 12.5 Å². The van der Waals surface area contributed by atoms with Crippen LogP contribution >= 0.6 is 0 Å². The molecule has 1 aliphatic heterocycles. The highest BCUT2D eigenvalue weighted by atomic mass is 15.1. The Morgan fingerprint density at radius 2 is 1.82 bits per heavy atom. The molecule has 0 aromatic heterocycles. The van der Waals surface area contributed by atoms with E-state index in [1.54, 1.807) is 0 Å². The summed E-state index contributed by atoms with van der Waals surface area (Å²) in [6.45, 7) is 4.85. The molecule has 2 heteroatoms. The third-order valence-electron chi connectivity index (χ3n) is 3.70. The Bertz CT molecular complexity index is 315. The lowest BCUT2D eigenvalue weighted by atomic mass is 9.96. The molecule has 0 unspecified atom stereocenters. The fourth-order valence-electron chi connectivity index (χ4n) is 2.65. The van der Waals surface area contributed by atoms with Crippen molar-refractivity contribution in [1.82, 2.24) is 9.80 Å². The lowest BCUT2D eigenvalue weighted by molar-refractivity contribution is 0.173. The van der Waals surface area contributed by atoms with Crippen molar-refractivity contribution in [2.75, 3.05) is 33.7 Å². The van der Waals surface area contributed by atoms with E-state index in [0.29, 0.717) is 0 Å². The molecule has 0 radical (unpaired) electrons.